The summed E-state index contributed by atoms with van der Waals surface area (Å²) in [5.74, 6) is 0.332. The van der Waals surface area contributed by atoms with Crippen molar-refractivity contribution in [2.75, 3.05) is 5.73 Å². The average molecular weight is 263 g/mol. The number of hydrogen-bond acceptors (Lipinski definition) is 3. The van der Waals surface area contributed by atoms with Crippen LogP contribution in [0.2, 0.25) is 5.02 Å². The molecule has 90 valence electrons. The molecule has 0 amide bonds. The predicted octanol–water partition coefficient (Wildman–Crippen LogP) is 2.11. The Morgan fingerprint density at radius 2 is 2.00 bits per heavy atom. The van der Waals surface area contributed by atoms with Crippen LogP contribution in [0.5, 0.6) is 0 Å². The lowest BCUT2D eigenvalue weighted by molar-refractivity contribution is 0.122. The summed E-state index contributed by atoms with van der Waals surface area (Å²) < 4.78 is 0. The lowest BCUT2D eigenvalue weighted by Gasteiger charge is -2.20. The van der Waals surface area contributed by atoms with Gasteiger partial charge in [-0.2, -0.15) is 0 Å². The number of aliphatic hydroxyl groups is 1. The molecule has 1 saturated carbocycles. The molecule has 16 heavy (non-hydrogen) atoms. The van der Waals surface area contributed by atoms with Crippen LogP contribution in [0.15, 0.2) is 18.2 Å². The second-order valence-electron chi connectivity index (χ2n) is 4.13. The summed E-state index contributed by atoms with van der Waals surface area (Å²) >= 11 is 5.87. The SMILES string of the molecule is Cl.Nc1ccc(Cl)cc1[C@@H](N)[C@@H](O)C1CC1. The van der Waals surface area contributed by atoms with Crippen molar-refractivity contribution >= 4 is 29.7 Å². The number of hydrogen-bond donors (Lipinski definition) is 3. The topological polar surface area (TPSA) is 72.3 Å². The van der Waals surface area contributed by atoms with E-state index in [-0.39, 0.29) is 12.4 Å². The van der Waals surface area contributed by atoms with Gasteiger partial charge in [0.15, 0.2) is 0 Å². The van der Waals surface area contributed by atoms with Crippen LogP contribution in [0.1, 0.15) is 24.4 Å². The molecule has 0 heterocycles. The van der Waals surface area contributed by atoms with E-state index in [2.05, 4.69) is 0 Å². The quantitative estimate of drug-likeness (QED) is 0.731. The van der Waals surface area contributed by atoms with Crippen molar-refractivity contribution in [3.05, 3.63) is 28.8 Å². The molecule has 1 fully saturated rings. The molecular formula is C11H16Cl2N2O. The van der Waals surface area contributed by atoms with E-state index in [0.717, 1.165) is 18.4 Å². The summed E-state index contributed by atoms with van der Waals surface area (Å²) in [6.45, 7) is 0. The van der Waals surface area contributed by atoms with E-state index in [1.54, 1.807) is 18.2 Å². The van der Waals surface area contributed by atoms with Gasteiger partial charge < -0.3 is 16.6 Å². The van der Waals surface area contributed by atoms with Gasteiger partial charge in [0.25, 0.3) is 0 Å². The molecule has 5 heteroatoms. The van der Waals surface area contributed by atoms with Gasteiger partial charge in [-0.3, -0.25) is 0 Å². The van der Waals surface area contributed by atoms with Gasteiger partial charge in [0.1, 0.15) is 0 Å². The number of benzene rings is 1. The maximum absolute atomic E-state index is 9.90. The molecule has 0 saturated heterocycles. The van der Waals surface area contributed by atoms with Gasteiger partial charge >= 0.3 is 0 Å². The van der Waals surface area contributed by atoms with E-state index < -0.39 is 12.1 Å². The van der Waals surface area contributed by atoms with E-state index in [1.807, 2.05) is 0 Å². The first-order chi connectivity index (χ1) is 7.09. The minimum absolute atomic E-state index is 0. The number of nitrogens with two attached hydrogens (primary N) is 2. The molecule has 1 aliphatic carbocycles. The fourth-order valence-corrected chi connectivity index (χ4v) is 1.93. The van der Waals surface area contributed by atoms with E-state index in [1.165, 1.54) is 0 Å². The first kappa shape index (κ1) is 13.6. The van der Waals surface area contributed by atoms with E-state index in [9.17, 15) is 5.11 Å². The highest BCUT2D eigenvalue weighted by molar-refractivity contribution is 6.30. The van der Waals surface area contributed by atoms with Crippen LogP contribution >= 0.6 is 24.0 Å². The van der Waals surface area contributed by atoms with Crippen LogP contribution in [0, 0.1) is 5.92 Å². The Bertz CT molecular complexity index is 369. The van der Waals surface area contributed by atoms with Gasteiger partial charge in [-0.1, -0.05) is 11.6 Å². The van der Waals surface area contributed by atoms with Gasteiger partial charge in [-0.15, -0.1) is 12.4 Å². The van der Waals surface area contributed by atoms with Gasteiger partial charge in [-0.25, -0.2) is 0 Å². The molecule has 2 rings (SSSR count). The van der Waals surface area contributed by atoms with Crippen molar-refractivity contribution in [3.63, 3.8) is 0 Å². The number of rotatable bonds is 3. The molecule has 0 aromatic heterocycles. The number of nitrogen functional groups attached to an aromatic ring is 1. The first-order valence-corrected chi connectivity index (χ1v) is 5.46. The van der Waals surface area contributed by atoms with Gasteiger partial charge in [0.2, 0.25) is 0 Å². The fourth-order valence-electron chi connectivity index (χ4n) is 1.75. The normalized spacial score (nSPS) is 18.7. The molecular weight excluding hydrogens is 247 g/mol. The Kier molecular flexibility index (Phi) is 4.44. The summed E-state index contributed by atoms with van der Waals surface area (Å²) in [7, 11) is 0. The summed E-state index contributed by atoms with van der Waals surface area (Å²) in [4.78, 5) is 0. The standard InChI is InChI=1S/C11H15ClN2O.ClH/c12-7-3-4-9(13)8(5-7)10(14)11(15)6-1-2-6;/h3-6,10-11,15H,1-2,13-14H2;1H/t10-,11+;/m1./s1. The Morgan fingerprint density at radius 3 is 2.56 bits per heavy atom. The highest BCUT2D eigenvalue weighted by atomic mass is 35.5. The van der Waals surface area contributed by atoms with Gasteiger partial charge in [0.05, 0.1) is 12.1 Å². The first-order valence-electron chi connectivity index (χ1n) is 5.08. The zero-order chi connectivity index (χ0) is 11.0. The smallest absolute Gasteiger partial charge is 0.0761 e. The highest BCUT2D eigenvalue weighted by Crippen LogP contribution is 2.38. The molecule has 0 aliphatic heterocycles. The van der Waals surface area contributed by atoms with Crippen molar-refractivity contribution < 1.29 is 5.11 Å². The number of anilines is 1. The molecule has 1 aliphatic rings. The van der Waals surface area contributed by atoms with Crippen LogP contribution in [-0.2, 0) is 0 Å². The second-order valence-corrected chi connectivity index (χ2v) is 4.56. The molecule has 0 bridgehead atoms. The Hall–Kier alpha value is -0.480. The Labute approximate surface area is 106 Å². The fraction of sp³-hybridized carbons (Fsp3) is 0.455. The van der Waals surface area contributed by atoms with Crippen LogP contribution in [0.3, 0.4) is 0 Å². The lowest BCUT2D eigenvalue weighted by atomic mass is 9.98. The zero-order valence-corrected chi connectivity index (χ0v) is 10.3. The molecule has 1 aromatic rings. The molecule has 2 atom stereocenters. The summed E-state index contributed by atoms with van der Waals surface area (Å²) in [6.07, 6.45) is 1.59. The third kappa shape index (κ3) is 2.80. The van der Waals surface area contributed by atoms with Crippen LogP contribution < -0.4 is 11.5 Å². The van der Waals surface area contributed by atoms with Crippen LogP contribution in [0.25, 0.3) is 0 Å². The Morgan fingerprint density at radius 1 is 1.38 bits per heavy atom. The van der Waals surface area contributed by atoms with Gasteiger partial charge in [0, 0.05) is 10.7 Å². The monoisotopic (exact) mass is 262 g/mol. The van der Waals surface area contributed by atoms with Crippen molar-refractivity contribution in [2.45, 2.75) is 25.0 Å². The molecule has 5 N–H and O–H groups in total. The highest BCUT2D eigenvalue weighted by Gasteiger charge is 2.34. The minimum atomic E-state index is -0.509. The number of halogens is 2. The third-order valence-electron chi connectivity index (χ3n) is 2.88. The number of aliphatic hydroxyl groups excluding tert-OH is 1. The minimum Gasteiger partial charge on any atom is -0.398 e. The van der Waals surface area contributed by atoms with Crippen LogP contribution in [0.4, 0.5) is 5.69 Å². The molecule has 1 aromatic carbocycles. The predicted molar refractivity (Wildman–Crippen MR) is 68.8 cm³/mol. The van der Waals surface area contributed by atoms with E-state index >= 15 is 0 Å². The van der Waals surface area contributed by atoms with Crippen molar-refractivity contribution in [1.82, 2.24) is 0 Å². The Balaban J connectivity index is 0.00000128. The maximum Gasteiger partial charge on any atom is 0.0761 e. The molecule has 3 nitrogen and oxygen atoms in total. The summed E-state index contributed by atoms with van der Waals surface area (Å²) in [5.41, 5.74) is 13.1. The second kappa shape index (κ2) is 5.23. The van der Waals surface area contributed by atoms with E-state index in [4.69, 9.17) is 23.1 Å². The van der Waals surface area contributed by atoms with Crippen molar-refractivity contribution in [3.8, 4) is 0 Å². The summed E-state index contributed by atoms with van der Waals surface area (Å²) in [5, 5.41) is 10.5. The summed E-state index contributed by atoms with van der Waals surface area (Å²) in [6, 6.07) is 4.73. The lowest BCUT2D eigenvalue weighted by Crippen LogP contribution is -2.28. The third-order valence-corrected chi connectivity index (χ3v) is 3.12. The maximum atomic E-state index is 9.90. The zero-order valence-electron chi connectivity index (χ0n) is 8.77. The van der Waals surface area contributed by atoms with Crippen molar-refractivity contribution in [1.29, 1.82) is 0 Å². The largest absolute Gasteiger partial charge is 0.398 e. The molecule has 0 spiro atoms. The van der Waals surface area contributed by atoms with E-state index in [0.29, 0.717) is 16.6 Å². The van der Waals surface area contributed by atoms with Crippen LogP contribution in [-0.4, -0.2) is 11.2 Å². The molecule has 0 unspecified atom stereocenters. The van der Waals surface area contributed by atoms with Gasteiger partial charge in [-0.05, 0) is 42.5 Å². The molecule has 0 radical (unpaired) electrons. The average Bonchev–Trinajstić information content (AvgIpc) is 3.03. The van der Waals surface area contributed by atoms with Crippen molar-refractivity contribution in [2.24, 2.45) is 11.7 Å².